The Labute approximate surface area is 104 Å². The number of benzene rings is 1. The van der Waals surface area contributed by atoms with Crippen LogP contribution in [0.5, 0.6) is 0 Å². The Morgan fingerprint density at radius 2 is 2.11 bits per heavy atom. The van der Waals surface area contributed by atoms with Gasteiger partial charge in [0.1, 0.15) is 11.9 Å². The van der Waals surface area contributed by atoms with Crippen LogP contribution in [-0.4, -0.2) is 14.9 Å². The molecule has 0 fully saturated rings. The Morgan fingerprint density at radius 1 is 1.28 bits per heavy atom. The number of para-hydroxylation sites is 1. The van der Waals surface area contributed by atoms with Crippen molar-refractivity contribution >= 4 is 10.9 Å². The Kier molecular flexibility index (Phi) is 2.64. The molecule has 0 bridgehead atoms. The van der Waals surface area contributed by atoms with Crippen molar-refractivity contribution in [3.63, 3.8) is 0 Å². The fourth-order valence-electron chi connectivity index (χ4n) is 2.20. The Morgan fingerprint density at radius 3 is 2.89 bits per heavy atom. The van der Waals surface area contributed by atoms with E-state index in [0.717, 1.165) is 16.7 Å². The van der Waals surface area contributed by atoms with Crippen LogP contribution in [0.3, 0.4) is 0 Å². The average molecular weight is 242 g/mol. The van der Waals surface area contributed by atoms with Gasteiger partial charge < -0.3 is 9.52 Å². The molecule has 0 amide bonds. The largest absolute Gasteiger partial charge is 0.469 e. The molecule has 0 spiro atoms. The van der Waals surface area contributed by atoms with Crippen molar-refractivity contribution in [1.29, 1.82) is 0 Å². The van der Waals surface area contributed by atoms with Crippen molar-refractivity contribution in [2.45, 2.75) is 12.5 Å². The maximum atomic E-state index is 10.3. The van der Waals surface area contributed by atoms with Crippen LogP contribution in [0.2, 0.25) is 0 Å². The predicted molar refractivity (Wildman–Crippen MR) is 68.1 cm³/mol. The fraction of sp³-hybridized carbons (Fsp3) is 0.214. The minimum atomic E-state index is -0.651. The number of rotatable bonds is 3. The van der Waals surface area contributed by atoms with E-state index in [0.29, 0.717) is 12.1 Å². The molecule has 4 heteroatoms. The van der Waals surface area contributed by atoms with Gasteiger partial charge in [-0.2, -0.15) is 5.10 Å². The Bertz CT molecular complexity index is 656. The van der Waals surface area contributed by atoms with E-state index in [1.165, 1.54) is 0 Å². The molecule has 0 saturated heterocycles. The lowest BCUT2D eigenvalue weighted by Gasteiger charge is -2.05. The van der Waals surface area contributed by atoms with E-state index in [-0.39, 0.29) is 0 Å². The van der Waals surface area contributed by atoms with Gasteiger partial charge in [0.2, 0.25) is 0 Å². The van der Waals surface area contributed by atoms with Crippen molar-refractivity contribution in [2.24, 2.45) is 7.05 Å². The normalized spacial score (nSPS) is 13.0. The van der Waals surface area contributed by atoms with Crippen molar-refractivity contribution in [3.05, 3.63) is 54.1 Å². The maximum Gasteiger partial charge on any atom is 0.106 e. The molecule has 0 aliphatic rings. The van der Waals surface area contributed by atoms with Gasteiger partial charge in [-0.15, -0.1) is 0 Å². The first-order valence-electron chi connectivity index (χ1n) is 5.88. The van der Waals surface area contributed by atoms with Crippen LogP contribution in [0.25, 0.3) is 10.9 Å². The highest BCUT2D eigenvalue weighted by Gasteiger charge is 2.17. The molecule has 2 heterocycles. The smallest absolute Gasteiger partial charge is 0.106 e. The second kappa shape index (κ2) is 4.31. The summed E-state index contributed by atoms with van der Waals surface area (Å²) >= 11 is 0. The lowest BCUT2D eigenvalue weighted by molar-refractivity contribution is 0.166. The molecule has 4 nitrogen and oxygen atoms in total. The minimum absolute atomic E-state index is 0.438. The Balaban J connectivity index is 1.98. The summed E-state index contributed by atoms with van der Waals surface area (Å²) in [5, 5.41) is 15.6. The summed E-state index contributed by atoms with van der Waals surface area (Å²) in [6, 6.07) is 11.6. The number of aliphatic hydroxyl groups excluding tert-OH is 1. The number of nitrogens with zero attached hydrogens (tertiary/aromatic N) is 2. The molecule has 1 atom stereocenters. The highest BCUT2D eigenvalue weighted by molar-refractivity contribution is 5.82. The van der Waals surface area contributed by atoms with Crippen LogP contribution in [0.1, 0.15) is 17.6 Å². The molecule has 3 rings (SSSR count). The van der Waals surface area contributed by atoms with Gasteiger partial charge in [0.15, 0.2) is 0 Å². The van der Waals surface area contributed by atoms with Gasteiger partial charge in [-0.1, -0.05) is 18.2 Å². The molecule has 1 aromatic carbocycles. The molecule has 92 valence electrons. The van der Waals surface area contributed by atoms with Crippen molar-refractivity contribution < 1.29 is 9.52 Å². The molecule has 1 N–H and O–H groups in total. The molecular weight excluding hydrogens is 228 g/mol. The SMILES string of the molecule is Cn1nc(C(O)Cc2ccco2)c2ccccc21. The molecule has 3 aromatic rings. The summed E-state index contributed by atoms with van der Waals surface area (Å²) in [6.07, 6.45) is 1.40. The lowest BCUT2D eigenvalue weighted by atomic mass is 10.1. The summed E-state index contributed by atoms with van der Waals surface area (Å²) in [7, 11) is 1.88. The summed E-state index contributed by atoms with van der Waals surface area (Å²) < 4.78 is 7.04. The van der Waals surface area contributed by atoms with Gasteiger partial charge in [0.25, 0.3) is 0 Å². The highest BCUT2D eigenvalue weighted by Crippen LogP contribution is 2.25. The molecule has 0 aliphatic heterocycles. The molecule has 0 saturated carbocycles. The van der Waals surface area contributed by atoms with E-state index in [1.807, 2.05) is 43.4 Å². The van der Waals surface area contributed by atoms with E-state index in [1.54, 1.807) is 10.9 Å². The first-order chi connectivity index (χ1) is 8.75. The second-order valence-corrected chi connectivity index (χ2v) is 4.33. The van der Waals surface area contributed by atoms with E-state index in [2.05, 4.69) is 5.10 Å². The van der Waals surface area contributed by atoms with Crippen molar-refractivity contribution in [1.82, 2.24) is 9.78 Å². The third-order valence-electron chi connectivity index (χ3n) is 3.08. The zero-order valence-electron chi connectivity index (χ0n) is 10.1. The third kappa shape index (κ3) is 1.80. The molecular formula is C14H14N2O2. The summed E-state index contributed by atoms with van der Waals surface area (Å²) in [4.78, 5) is 0. The number of hydrogen-bond donors (Lipinski definition) is 1. The molecule has 0 aliphatic carbocycles. The zero-order valence-corrected chi connectivity index (χ0v) is 10.1. The van der Waals surface area contributed by atoms with E-state index in [9.17, 15) is 5.11 Å². The van der Waals surface area contributed by atoms with Crippen LogP contribution < -0.4 is 0 Å². The van der Waals surface area contributed by atoms with Gasteiger partial charge >= 0.3 is 0 Å². The third-order valence-corrected chi connectivity index (χ3v) is 3.08. The summed E-state index contributed by atoms with van der Waals surface area (Å²) in [5.74, 6) is 0.761. The standard InChI is InChI=1S/C14H14N2O2/c1-16-12-7-3-2-6-11(12)14(15-16)13(17)9-10-5-4-8-18-10/h2-8,13,17H,9H2,1H3. The second-order valence-electron chi connectivity index (χ2n) is 4.33. The molecule has 2 aromatic heterocycles. The van der Waals surface area contributed by atoms with Crippen LogP contribution in [0.15, 0.2) is 47.1 Å². The van der Waals surface area contributed by atoms with Crippen LogP contribution in [0, 0.1) is 0 Å². The molecule has 1 unspecified atom stereocenters. The molecule has 18 heavy (non-hydrogen) atoms. The van der Waals surface area contributed by atoms with E-state index >= 15 is 0 Å². The molecule has 0 radical (unpaired) electrons. The van der Waals surface area contributed by atoms with Gasteiger partial charge in [0, 0.05) is 18.9 Å². The van der Waals surface area contributed by atoms with Gasteiger partial charge in [-0.3, -0.25) is 4.68 Å². The lowest BCUT2D eigenvalue weighted by Crippen LogP contribution is -2.03. The maximum absolute atomic E-state index is 10.3. The van der Waals surface area contributed by atoms with E-state index in [4.69, 9.17) is 4.42 Å². The van der Waals surface area contributed by atoms with Crippen LogP contribution >= 0.6 is 0 Å². The number of hydrogen-bond acceptors (Lipinski definition) is 3. The van der Waals surface area contributed by atoms with E-state index < -0.39 is 6.10 Å². The topological polar surface area (TPSA) is 51.2 Å². The van der Waals surface area contributed by atoms with Crippen LogP contribution in [0.4, 0.5) is 0 Å². The predicted octanol–water partition coefficient (Wildman–Crippen LogP) is 2.44. The number of furan rings is 1. The summed E-state index contributed by atoms with van der Waals surface area (Å²) in [6.45, 7) is 0. The first-order valence-corrected chi connectivity index (χ1v) is 5.88. The van der Waals surface area contributed by atoms with Crippen LogP contribution in [-0.2, 0) is 13.5 Å². The van der Waals surface area contributed by atoms with Gasteiger partial charge in [0.05, 0.1) is 17.5 Å². The number of aryl methyl sites for hydroxylation is 1. The van der Waals surface area contributed by atoms with Gasteiger partial charge in [-0.05, 0) is 18.2 Å². The fourth-order valence-corrected chi connectivity index (χ4v) is 2.20. The first kappa shape index (κ1) is 11.0. The number of fused-ring (bicyclic) bond motifs is 1. The quantitative estimate of drug-likeness (QED) is 0.767. The number of aromatic nitrogens is 2. The average Bonchev–Trinajstić information content (AvgIpc) is 2.98. The summed E-state index contributed by atoms with van der Waals surface area (Å²) in [5.41, 5.74) is 1.72. The highest BCUT2D eigenvalue weighted by atomic mass is 16.3. The Hall–Kier alpha value is -2.07. The minimum Gasteiger partial charge on any atom is -0.469 e. The van der Waals surface area contributed by atoms with Crippen molar-refractivity contribution in [2.75, 3.05) is 0 Å². The van der Waals surface area contributed by atoms with Crippen molar-refractivity contribution in [3.8, 4) is 0 Å². The number of aliphatic hydroxyl groups is 1. The monoisotopic (exact) mass is 242 g/mol. The van der Waals surface area contributed by atoms with Gasteiger partial charge in [-0.25, -0.2) is 0 Å². The zero-order chi connectivity index (χ0) is 12.5.